The number of nitrogens with zero attached hydrogens (tertiary/aromatic N) is 2. The van der Waals surface area contributed by atoms with Crippen molar-refractivity contribution in [2.45, 2.75) is 13.0 Å². The van der Waals surface area contributed by atoms with Crippen molar-refractivity contribution >= 4 is 11.6 Å². The van der Waals surface area contributed by atoms with E-state index in [0.717, 1.165) is 11.3 Å². The van der Waals surface area contributed by atoms with Gasteiger partial charge in [0.05, 0.1) is 0 Å². The van der Waals surface area contributed by atoms with Crippen molar-refractivity contribution in [1.82, 2.24) is 4.98 Å². The summed E-state index contributed by atoms with van der Waals surface area (Å²) in [6.07, 6.45) is 3.33. The van der Waals surface area contributed by atoms with E-state index in [-0.39, 0.29) is 5.91 Å². The van der Waals surface area contributed by atoms with Crippen LogP contribution < -0.4 is 10.6 Å². The molecule has 98 valence electrons. The van der Waals surface area contributed by atoms with E-state index in [9.17, 15) is 4.79 Å². The molecule has 0 unspecified atom stereocenters. The maximum Gasteiger partial charge on any atom is 0.248 e. The third-order valence-electron chi connectivity index (χ3n) is 2.98. The van der Waals surface area contributed by atoms with Crippen molar-refractivity contribution < 1.29 is 4.79 Å². The minimum atomic E-state index is -0.644. The van der Waals surface area contributed by atoms with Gasteiger partial charge in [0, 0.05) is 24.6 Å². The first-order valence-corrected chi connectivity index (χ1v) is 6.26. The number of aromatic nitrogens is 1. The summed E-state index contributed by atoms with van der Waals surface area (Å²) in [6.45, 7) is 2.50. The van der Waals surface area contributed by atoms with Crippen LogP contribution in [0.25, 0.3) is 0 Å². The largest absolute Gasteiger partial charge is 0.316 e. The van der Waals surface area contributed by atoms with Gasteiger partial charge in [-0.2, -0.15) is 0 Å². The third-order valence-corrected chi connectivity index (χ3v) is 2.98. The Bertz CT molecular complexity index is 528. The highest BCUT2D eigenvalue weighted by Crippen LogP contribution is 2.18. The van der Waals surface area contributed by atoms with Crippen LogP contribution in [0, 0.1) is 0 Å². The van der Waals surface area contributed by atoms with Gasteiger partial charge in [-0.25, -0.2) is 0 Å². The molecular formula is C15H17N3O. The molecule has 1 heterocycles. The van der Waals surface area contributed by atoms with Crippen molar-refractivity contribution in [1.29, 1.82) is 0 Å². The second-order valence-corrected chi connectivity index (χ2v) is 4.18. The Balaban J connectivity index is 2.22. The smallest absolute Gasteiger partial charge is 0.248 e. The van der Waals surface area contributed by atoms with Gasteiger partial charge >= 0.3 is 0 Å². The van der Waals surface area contributed by atoms with Gasteiger partial charge in [-0.1, -0.05) is 30.3 Å². The number of nitrogens with two attached hydrogens (primary N) is 1. The number of carbonyl (C=O) groups is 1. The number of hydrogen-bond acceptors (Lipinski definition) is 3. The number of anilines is 1. The van der Waals surface area contributed by atoms with Gasteiger partial charge < -0.3 is 10.6 Å². The summed E-state index contributed by atoms with van der Waals surface area (Å²) in [5.41, 5.74) is 7.68. The molecule has 0 radical (unpaired) electrons. The van der Waals surface area contributed by atoms with E-state index in [1.54, 1.807) is 29.4 Å². The summed E-state index contributed by atoms with van der Waals surface area (Å²) in [7, 11) is 0. The van der Waals surface area contributed by atoms with Gasteiger partial charge in [0.25, 0.3) is 0 Å². The molecule has 0 aliphatic heterocycles. The van der Waals surface area contributed by atoms with Gasteiger partial charge in [-0.3, -0.25) is 9.78 Å². The minimum absolute atomic E-state index is 0.111. The SMILES string of the molecule is CCN(C(=O)[C@H](N)c1ccccc1)c1ccncc1. The molecule has 0 aliphatic carbocycles. The number of rotatable bonds is 4. The molecule has 2 rings (SSSR count). The lowest BCUT2D eigenvalue weighted by molar-refractivity contribution is -0.119. The van der Waals surface area contributed by atoms with E-state index in [2.05, 4.69) is 4.98 Å². The zero-order chi connectivity index (χ0) is 13.7. The molecule has 0 bridgehead atoms. The van der Waals surface area contributed by atoms with Gasteiger partial charge in [0.1, 0.15) is 6.04 Å². The van der Waals surface area contributed by atoms with Gasteiger partial charge in [-0.05, 0) is 24.6 Å². The van der Waals surface area contributed by atoms with Crippen LogP contribution in [0.3, 0.4) is 0 Å². The van der Waals surface area contributed by atoms with Crippen LogP contribution >= 0.6 is 0 Å². The highest BCUT2D eigenvalue weighted by Gasteiger charge is 2.22. The third kappa shape index (κ3) is 2.98. The lowest BCUT2D eigenvalue weighted by Crippen LogP contribution is -2.38. The lowest BCUT2D eigenvalue weighted by Gasteiger charge is -2.24. The Morgan fingerprint density at radius 1 is 1.21 bits per heavy atom. The number of carbonyl (C=O) groups excluding carboxylic acids is 1. The van der Waals surface area contributed by atoms with E-state index in [1.165, 1.54) is 0 Å². The normalized spacial score (nSPS) is 11.9. The second-order valence-electron chi connectivity index (χ2n) is 4.18. The summed E-state index contributed by atoms with van der Waals surface area (Å²) in [6, 6.07) is 12.4. The quantitative estimate of drug-likeness (QED) is 0.910. The Hall–Kier alpha value is -2.20. The van der Waals surface area contributed by atoms with Gasteiger partial charge in [0.15, 0.2) is 0 Å². The van der Waals surface area contributed by atoms with Crippen molar-refractivity contribution in [3.8, 4) is 0 Å². The molecule has 1 atom stereocenters. The molecule has 0 aliphatic rings. The van der Waals surface area contributed by atoms with Crippen LogP contribution in [0.5, 0.6) is 0 Å². The monoisotopic (exact) mass is 255 g/mol. The molecule has 2 aromatic rings. The molecular weight excluding hydrogens is 238 g/mol. The summed E-state index contributed by atoms with van der Waals surface area (Å²) in [5, 5.41) is 0. The van der Waals surface area contributed by atoms with Crippen LogP contribution in [0.4, 0.5) is 5.69 Å². The van der Waals surface area contributed by atoms with Crippen molar-refractivity contribution in [2.75, 3.05) is 11.4 Å². The lowest BCUT2D eigenvalue weighted by atomic mass is 10.1. The highest BCUT2D eigenvalue weighted by atomic mass is 16.2. The molecule has 4 nitrogen and oxygen atoms in total. The second kappa shape index (κ2) is 6.11. The number of hydrogen-bond donors (Lipinski definition) is 1. The molecule has 1 amide bonds. The fourth-order valence-corrected chi connectivity index (χ4v) is 1.96. The van der Waals surface area contributed by atoms with E-state index in [4.69, 9.17) is 5.73 Å². The molecule has 1 aromatic heterocycles. The summed E-state index contributed by atoms with van der Waals surface area (Å²) in [4.78, 5) is 18.1. The Labute approximate surface area is 112 Å². The maximum absolute atomic E-state index is 12.5. The number of likely N-dealkylation sites (N-methyl/N-ethyl adjacent to an activating group) is 1. The fraction of sp³-hybridized carbons (Fsp3) is 0.200. The topological polar surface area (TPSA) is 59.2 Å². The number of benzene rings is 1. The molecule has 0 spiro atoms. The van der Waals surface area contributed by atoms with Gasteiger partial charge in [-0.15, -0.1) is 0 Å². The van der Waals surface area contributed by atoms with Crippen molar-refractivity contribution in [2.24, 2.45) is 5.73 Å². The zero-order valence-electron chi connectivity index (χ0n) is 10.9. The van der Waals surface area contributed by atoms with Crippen LogP contribution in [-0.2, 0) is 4.79 Å². The van der Waals surface area contributed by atoms with E-state index in [1.807, 2.05) is 37.3 Å². The fourth-order valence-electron chi connectivity index (χ4n) is 1.96. The Kier molecular flexibility index (Phi) is 4.26. The summed E-state index contributed by atoms with van der Waals surface area (Å²) >= 11 is 0. The first-order chi connectivity index (χ1) is 9.24. The molecule has 0 saturated carbocycles. The average Bonchev–Trinajstić information content (AvgIpc) is 2.49. The van der Waals surface area contributed by atoms with E-state index < -0.39 is 6.04 Å². The van der Waals surface area contributed by atoms with E-state index >= 15 is 0 Å². The maximum atomic E-state index is 12.5. The predicted octanol–water partition coefficient (Wildman–Crippen LogP) is 2.13. The van der Waals surface area contributed by atoms with Crippen LogP contribution in [-0.4, -0.2) is 17.4 Å². The highest BCUT2D eigenvalue weighted by molar-refractivity contribution is 5.97. The Morgan fingerprint density at radius 3 is 2.42 bits per heavy atom. The molecule has 4 heteroatoms. The molecule has 0 fully saturated rings. The standard InChI is InChI=1S/C15H17N3O/c1-2-18(13-8-10-17-11-9-13)15(19)14(16)12-6-4-3-5-7-12/h3-11,14H,2,16H2,1H3/t14-/m1/s1. The number of amides is 1. The van der Waals surface area contributed by atoms with Crippen molar-refractivity contribution in [3.63, 3.8) is 0 Å². The molecule has 19 heavy (non-hydrogen) atoms. The van der Waals surface area contributed by atoms with Gasteiger partial charge in [0.2, 0.25) is 5.91 Å². The zero-order valence-corrected chi connectivity index (χ0v) is 10.9. The average molecular weight is 255 g/mol. The van der Waals surface area contributed by atoms with Crippen LogP contribution in [0.1, 0.15) is 18.5 Å². The van der Waals surface area contributed by atoms with E-state index in [0.29, 0.717) is 6.54 Å². The van der Waals surface area contributed by atoms with Crippen LogP contribution in [0.15, 0.2) is 54.9 Å². The molecule has 2 N–H and O–H groups in total. The van der Waals surface area contributed by atoms with Crippen molar-refractivity contribution in [3.05, 3.63) is 60.4 Å². The first kappa shape index (κ1) is 13.2. The Morgan fingerprint density at radius 2 is 1.84 bits per heavy atom. The number of pyridine rings is 1. The van der Waals surface area contributed by atoms with Crippen LogP contribution in [0.2, 0.25) is 0 Å². The summed E-state index contributed by atoms with van der Waals surface area (Å²) in [5.74, 6) is -0.111. The molecule has 1 aromatic carbocycles. The summed E-state index contributed by atoms with van der Waals surface area (Å²) < 4.78 is 0. The minimum Gasteiger partial charge on any atom is -0.316 e. The molecule has 0 saturated heterocycles. The predicted molar refractivity (Wildman–Crippen MR) is 75.6 cm³/mol. The first-order valence-electron chi connectivity index (χ1n) is 6.26.